The van der Waals surface area contributed by atoms with Crippen molar-refractivity contribution in [2.24, 2.45) is 4.99 Å². The molecule has 0 aromatic carbocycles. The van der Waals surface area contributed by atoms with Gasteiger partial charge in [-0.2, -0.15) is 0 Å². The molecule has 0 aliphatic heterocycles. The van der Waals surface area contributed by atoms with Gasteiger partial charge in [0.2, 0.25) is 0 Å². The Bertz CT molecular complexity index is 291. The molecule has 106 valence electrons. The van der Waals surface area contributed by atoms with Crippen molar-refractivity contribution in [3.8, 4) is 0 Å². The highest BCUT2D eigenvalue weighted by molar-refractivity contribution is 6.76. The number of hydrazine groups is 1. The predicted molar refractivity (Wildman–Crippen MR) is 82.4 cm³/mol. The minimum absolute atomic E-state index is 0.527. The average molecular weight is 271 g/mol. The lowest BCUT2D eigenvalue weighted by atomic mass is 10.3. The number of aliphatic imine (C=N–C) groups is 1. The van der Waals surface area contributed by atoms with Crippen LogP contribution in [-0.4, -0.2) is 39.7 Å². The summed E-state index contributed by atoms with van der Waals surface area (Å²) in [7, 11) is 0.876. The molecule has 0 unspecified atom stereocenters. The van der Waals surface area contributed by atoms with Crippen LogP contribution >= 0.6 is 0 Å². The largest absolute Gasteiger partial charge is 0.360 e. The second kappa shape index (κ2) is 8.45. The second-order valence-corrected chi connectivity index (χ2v) is 11.3. The van der Waals surface area contributed by atoms with Crippen LogP contribution in [-0.2, 0) is 4.74 Å². The van der Waals surface area contributed by atoms with Gasteiger partial charge in [0, 0.05) is 27.9 Å². The van der Waals surface area contributed by atoms with Gasteiger partial charge in [0.05, 0.1) is 0 Å². The van der Waals surface area contributed by atoms with Crippen LogP contribution in [0.25, 0.3) is 0 Å². The molecule has 0 atom stereocenters. The first-order chi connectivity index (χ1) is 8.31. The van der Waals surface area contributed by atoms with Crippen molar-refractivity contribution in [3.05, 3.63) is 11.4 Å². The summed E-state index contributed by atoms with van der Waals surface area (Å²) in [6.07, 6.45) is 1.80. The van der Waals surface area contributed by atoms with E-state index in [4.69, 9.17) is 4.74 Å². The first kappa shape index (κ1) is 17.3. The highest BCUT2D eigenvalue weighted by Crippen LogP contribution is 2.11. The molecule has 0 spiro atoms. The van der Waals surface area contributed by atoms with Gasteiger partial charge in [-0.1, -0.05) is 19.6 Å². The molecule has 0 heterocycles. The van der Waals surface area contributed by atoms with Gasteiger partial charge >= 0.3 is 0 Å². The maximum Gasteiger partial charge on any atom is 0.142 e. The first-order valence-corrected chi connectivity index (χ1v) is 10.2. The second-order valence-electron chi connectivity index (χ2n) is 5.71. The maximum atomic E-state index is 5.73. The fourth-order valence-electron chi connectivity index (χ4n) is 1.36. The number of nitrogens with one attached hydrogen (secondary N) is 1. The summed E-state index contributed by atoms with van der Waals surface area (Å²) >= 11 is 0. The van der Waals surface area contributed by atoms with E-state index in [1.54, 1.807) is 6.21 Å². The molecule has 0 fully saturated rings. The minimum Gasteiger partial charge on any atom is -0.360 e. The fraction of sp³-hybridized carbons (Fsp3) is 0.769. The van der Waals surface area contributed by atoms with E-state index in [1.807, 2.05) is 19.0 Å². The van der Waals surface area contributed by atoms with E-state index >= 15 is 0 Å². The van der Waals surface area contributed by atoms with Crippen molar-refractivity contribution in [1.82, 2.24) is 10.4 Å². The van der Waals surface area contributed by atoms with E-state index in [-0.39, 0.29) is 0 Å². The van der Waals surface area contributed by atoms with E-state index < -0.39 is 8.07 Å². The summed E-state index contributed by atoms with van der Waals surface area (Å²) in [6, 6.07) is 1.19. The highest BCUT2D eigenvalue weighted by atomic mass is 28.3. The van der Waals surface area contributed by atoms with E-state index in [1.165, 1.54) is 6.04 Å². The molecule has 18 heavy (non-hydrogen) atoms. The SMILES string of the molecule is CC=NC(=C(C)C)N(COCC[Si](C)(C)C)NC. The fourth-order valence-corrected chi connectivity index (χ4v) is 2.11. The summed E-state index contributed by atoms with van der Waals surface area (Å²) < 4.78 is 5.73. The molecule has 0 amide bonds. The van der Waals surface area contributed by atoms with Crippen LogP contribution in [0.3, 0.4) is 0 Å². The van der Waals surface area contributed by atoms with Gasteiger partial charge in [-0.25, -0.2) is 10.4 Å². The monoisotopic (exact) mass is 271 g/mol. The molecule has 0 saturated heterocycles. The molecule has 0 bridgehead atoms. The molecule has 0 rings (SSSR count). The molecule has 5 heteroatoms. The van der Waals surface area contributed by atoms with E-state index in [2.05, 4.69) is 43.9 Å². The van der Waals surface area contributed by atoms with Gasteiger partial charge in [-0.3, -0.25) is 5.01 Å². The molecule has 0 aliphatic carbocycles. The Morgan fingerprint density at radius 3 is 2.33 bits per heavy atom. The van der Waals surface area contributed by atoms with Gasteiger partial charge < -0.3 is 4.74 Å². The van der Waals surface area contributed by atoms with E-state index in [9.17, 15) is 0 Å². The standard InChI is InChI=1S/C13H29N3OSi/c1-8-15-13(12(2)3)16(14-4)11-17-9-10-18(5,6)7/h8,14H,9-11H2,1-7H3. The highest BCUT2D eigenvalue weighted by Gasteiger charge is 2.13. The molecule has 0 aliphatic rings. The zero-order chi connectivity index (χ0) is 14.2. The van der Waals surface area contributed by atoms with Gasteiger partial charge in [-0.15, -0.1) is 0 Å². The van der Waals surface area contributed by atoms with Crippen LogP contribution in [0.4, 0.5) is 0 Å². The quantitative estimate of drug-likeness (QED) is 0.242. The van der Waals surface area contributed by atoms with E-state index in [0.717, 1.165) is 18.0 Å². The van der Waals surface area contributed by atoms with Crippen molar-refractivity contribution < 1.29 is 4.74 Å². The summed E-state index contributed by atoms with van der Waals surface area (Å²) in [5.74, 6) is 0.924. The van der Waals surface area contributed by atoms with Crippen LogP contribution in [0.15, 0.2) is 16.4 Å². The first-order valence-electron chi connectivity index (χ1n) is 6.50. The third kappa shape index (κ3) is 7.63. The molecule has 1 N–H and O–H groups in total. The lowest BCUT2D eigenvalue weighted by Crippen LogP contribution is -2.37. The number of ether oxygens (including phenoxy) is 1. The smallest absolute Gasteiger partial charge is 0.142 e. The van der Waals surface area contributed by atoms with Gasteiger partial charge in [0.15, 0.2) is 0 Å². The number of rotatable bonds is 8. The third-order valence-corrected chi connectivity index (χ3v) is 4.15. The minimum atomic E-state index is -1.01. The van der Waals surface area contributed by atoms with Gasteiger partial charge in [0.25, 0.3) is 0 Å². The van der Waals surface area contributed by atoms with Crippen molar-refractivity contribution in [2.75, 3.05) is 20.4 Å². The predicted octanol–water partition coefficient (Wildman–Crippen LogP) is 3.08. The van der Waals surface area contributed by atoms with Crippen molar-refractivity contribution in [1.29, 1.82) is 0 Å². The Morgan fingerprint density at radius 2 is 1.94 bits per heavy atom. The molecule has 4 nitrogen and oxygen atoms in total. The molecule has 0 radical (unpaired) electrons. The summed E-state index contributed by atoms with van der Waals surface area (Å²) in [5, 5.41) is 1.93. The molecular weight excluding hydrogens is 242 g/mol. The van der Waals surface area contributed by atoms with Crippen molar-refractivity contribution in [2.45, 2.75) is 46.5 Å². The van der Waals surface area contributed by atoms with Crippen LogP contribution in [0.2, 0.25) is 25.7 Å². The van der Waals surface area contributed by atoms with E-state index in [0.29, 0.717) is 6.73 Å². The maximum absolute atomic E-state index is 5.73. The molecule has 0 aromatic rings. The van der Waals surface area contributed by atoms with Crippen LogP contribution in [0.1, 0.15) is 20.8 Å². The topological polar surface area (TPSA) is 36.9 Å². The number of hydrogen-bond donors (Lipinski definition) is 1. The Kier molecular flexibility index (Phi) is 8.14. The molecule has 0 aromatic heterocycles. The number of nitrogens with zero attached hydrogens (tertiary/aromatic N) is 2. The zero-order valence-electron chi connectivity index (χ0n) is 13.0. The van der Waals surface area contributed by atoms with Crippen LogP contribution < -0.4 is 5.43 Å². The van der Waals surface area contributed by atoms with Crippen molar-refractivity contribution in [3.63, 3.8) is 0 Å². The molecular formula is C13H29N3OSi. The Labute approximate surface area is 113 Å². The lowest BCUT2D eigenvalue weighted by molar-refractivity contribution is 0.0311. The normalized spacial score (nSPS) is 11.9. The lowest BCUT2D eigenvalue weighted by Gasteiger charge is -2.25. The Morgan fingerprint density at radius 1 is 1.33 bits per heavy atom. The molecule has 0 saturated carbocycles. The summed E-state index contributed by atoms with van der Waals surface area (Å²) in [6.45, 7) is 14.4. The third-order valence-electron chi connectivity index (χ3n) is 2.44. The number of hydrogen-bond acceptors (Lipinski definition) is 4. The van der Waals surface area contributed by atoms with Gasteiger partial charge in [0.1, 0.15) is 12.6 Å². The van der Waals surface area contributed by atoms with Crippen LogP contribution in [0, 0.1) is 0 Å². The van der Waals surface area contributed by atoms with Crippen LogP contribution in [0.5, 0.6) is 0 Å². The Balaban J connectivity index is 4.31. The Hall–Kier alpha value is -0.653. The van der Waals surface area contributed by atoms with Gasteiger partial charge in [-0.05, 0) is 32.4 Å². The zero-order valence-corrected chi connectivity index (χ0v) is 14.0. The summed E-state index contributed by atoms with van der Waals surface area (Å²) in [5.41, 5.74) is 4.28. The number of allylic oxidation sites excluding steroid dienone is 1. The summed E-state index contributed by atoms with van der Waals surface area (Å²) in [4.78, 5) is 4.37. The average Bonchev–Trinajstić information content (AvgIpc) is 2.25. The van der Waals surface area contributed by atoms with Crippen molar-refractivity contribution >= 4 is 14.3 Å².